The largest absolute Gasteiger partial charge is 0.493 e. The molecule has 0 aromatic heterocycles. The first kappa shape index (κ1) is 21.8. The molecule has 1 aromatic rings. The van der Waals surface area contributed by atoms with Gasteiger partial charge in [0.25, 0.3) is 0 Å². The fourth-order valence-corrected chi connectivity index (χ4v) is 7.22. The zero-order chi connectivity index (χ0) is 21.9. The zero-order valence-electron chi connectivity index (χ0n) is 17.0. The third kappa shape index (κ3) is 3.93. The van der Waals surface area contributed by atoms with E-state index in [1.54, 1.807) is 6.07 Å². The molecule has 2 fully saturated rings. The third-order valence-corrected chi connectivity index (χ3v) is 8.29. The number of rotatable bonds is 5. The quantitative estimate of drug-likeness (QED) is 0.679. The van der Waals surface area contributed by atoms with Gasteiger partial charge in [0.15, 0.2) is 11.5 Å². The second-order valence-corrected chi connectivity index (χ2v) is 11.2. The summed E-state index contributed by atoms with van der Waals surface area (Å²) in [6.07, 6.45) is 4.61. The highest BCUT2D eigenvalue weighted by molar-refractivity contribution is 7.84. The lowest BCUT2D eigenvalue weighted by Crippen LogP contribution is -2.45. The Morgan fingerprint density at radius 1 is 1.00 bits per heavy atom. The number of aryl methyl sites for hydroxylation is 1. The average Bonchev–Trinajstić information content (AvgIpc) is 2.94. The fourth-order valence-electron chi connectivity index (χ4n) is 6.20. The van der Waals surface area contributed by atoms with Crippen LogP contribution in [0.3, 0.4) is 0 Å². The Labute approximate surface area is 177 Å². The van der Waals surface area contributed by atoms with Crippen LogP contribution in [0.15, 0.2) is 12.1 Å². The van der Waals surface area contributed by atoms with Crippen molar-refractivity contribution in [1.29, 1.82) is 0 Å². The van der Waals surface area contributed by atoms with Crippen LogP contribution in [0.1, 0.15) is 56.1 Å². The smallest absolute Gasteiger partial charge is 0.380 e. The maximum Gasteiger partial charge on any atom is 0.380 e. The minimum absolute atomic E-state index is 0.0975. The topological polar surface area (TPSA) is 148 Å². The third-order valence-electron chi connectivity index (χ3n) is 7.38. The molecule has 0 spiro atoms. The van der Waals surface area contributed by atoms with Crippen molar-refractivity contribution in [2.24, 2.45) is 27.5 Å². The van der Waals surface area contributed by atoms with Crippen LogP contribution in [0.2, 0.25) is 0 Å². The molecule has 1 aromatic carbocycles. The van der Waals surface area contributed by atoms with Gasteiger partial charge in [-0.25, -0.2) is 5.14 Å². The molecule has 0 unspecified atom stereocenters. The molecule has 0 heterocycles. The molecule has 168 valence electrons. The lowest BCUT2D eigenvalue weighted by molar-refractivity contribution is -0.00805. The number of ether oxygens (including phenoxy) is 1. The molecule has 4 N–H and O–H groups in total. The zero-order valence-corrected chi connectivity index (χ0v) is 18.7. The summed E-state index contributed by atoms with van der Waals surface area (Å²) in [7, 11) is -6.69. The number of hydrogen-bond donors (Lipinski definition) is 2. The molecular weight excluding hydrogens is 432 g/mol. The number of fused-ring (bicyclic) bond motifs is 5. The maximum absolute atomic E-state index is 11.5. The van der Waals surface area contributed by atoms with Gasteiger partial charge in [0.2, 0.25) is 0 Å². The van der Waals surface area contributed by atoms with E-state index in [1.807, 2.05) is 6.07 Å². The molecule has 30 heavy (non-hydrogen) atoms. The lowest BCUT2D eigenvalue weighted by atomic mass is 9.55. The van der Waals surface area contributed by atoms with Gasteiger partial charge >= 0.3 is 20.6 Å². The molecule has 0 aliphatic heterocycles. The Bertz CT molecular complexity index is 1060. The molecule has 11 heteroatoms. The maximum atomic E-state index is 11.5. The fraction of sp³-hybridized carbons (Fsp3) is 0.684. The van der Waals surface area contributed by atoms with Crippen molar-refractivity contribution in [2.45, 2.75) is 57.5 Å². The van der Waals surface area contributed by atoms with Crippen LogP contribution >= 0.6 is 0 Å². The predicted octanol–water partition coefficient (Wildman–Crippen LogP) is 1.72. The minimum atomic E-state index is -4.15. The molecule has 3 aliphatic carbocycles. The first-order chi connectivity index (χ1) is 13.9. The number of benzene rings is 1. The molecule has 0 amide bonds. The molecule has 2 saturated carbocycles. The van der Waals surface area contributed by atoms with Crippen LogP contribution < -0.4 is 19.2 Å². The van der Waals surface area contributed by atoms with Gasteiger partial charge < -0.3 is 8.92 Å². The van der Waals surface area contributed by atoms with E-state index in [-0.39, 0.29) is 23.2 Å². The van der Waals surface area contributed by atoms with Crippen molar-refractivity contribution in [3.63, 3.8) is 0 Å². The van der Waals surface area contributed by atoms with Gasteiger partial charge in [-0.15, -0.1) is 0 Å². The average molecular weight is 461 g/mol. The van der Waals surface area contributed by atoms with Gasteiger partial charge in [0.1, 0.15) is 0 Å². The molecule has 0 radical (unpaired) electrons. The Kier molecular flexibility index (Phi) is 5.33. The first-order valence-corrected chi connectivity index (χ1v) is 13.0. The normalized spacial score (nSPS) is 33.3. The summed E-state index contributed by atoms with van der Waals surface area (Å²) in [5.74, 6) is 1.44. The van der Waals surface area contributed by atoms with Gasteiger partial charge in [-0.1, -0.05) is 6.92 Å². The van der Waals surface area contributed by atoms with Gasteiger partial charge in [-0.2, -0.15) is 22.0 Å². The van der Waals surface area contributed by atoms with Crippen LogP contribution in [0, 0.1) is 17.3 Å². The van der Waals surface area contributed by atoms with E-state index < -0.39 is 20.6 Å². The second-order valence-electron chi connectivity index (χ2n) is 8.89. The molecule has 0 bridgehead atoms. The first-order valence-electron chi connectivity index (χ1n) is 10.1. The summed E-state index contributed by atoms with van der Waals surface area (Å²) in [5, 5.41) is 10.2. The highest BCUT2D eigenvalue weighted by atomic mass is 32.2. The van der Waals surface area contributed by atoms with Crippen molar-refractivity contribution in [2.75, 3.05) is 7.11 Å². The van der Waals surface area contributed by atoms with E-state index in [1.165, 1.54) is 7.11 Å². The molecule has 0 saturated heterocycles. The summed E-state index contributed by atoms with van der Waals surface area (Å²) < 4.78 is 61.4. The summed E-state index contributed by atoms with van der Waals surface area (Å²) >= 11 is 0. The molecule has 5 atom stereocenters. The van der Waals surface area contributed by atoms with Crippen LogP contribution in [0.5, 0.6) is 11.5 Å². The number of nitrogens with two attached hydrogens (primary N) is 2. The van der Waals surface area contributed by atoms with Crippen molar-refractivity contribution in [3.05, 3.63) is 23.3 Å². The van der Waals surface area contributed by atoms with Crippen LogP contribution in [-0.2, 0) is 31.2 Å². The van der Waals surface area contributed by atoms with Gasteiger partial charge in [-0.3, -0.25) is 4.18 Å². The van der Waals surface area contributed by atoms with Crippen molar-refractivity contribution in [1.82, 2.24) is 0 Å². The molecule has 4 rings (SSSR count). The molecule has 3 aliphatic rings. The highest BCUT2D eigenvalue weighted by Crippen LogP contribution is 2.62. The summed E-state index contributed by atoms with van der Waals surface area (Å²) in [6, 6.07) is 3.58. The Morgan fingerprint density at radius 3 is 2.37 bits per heavy atom. The highest BCUT2D eigenvalue weighted by Gasteiger charge is 2.56. The van der Waals surface area contributed by atoms with E-state index in [2.05, 4.69) is 6.92 Å². The summed E-state index contributed by atoms with van der Waals surface area (Å²) in [4.78, 5) is 0. The Balaban J connectivity index is 1.65. The molecular formula is C19H28N2O7S2. The van der Waals surface area contributed by atoms with Crippen molar-refractivity contribution < 1.29 is 29.9 Å². The van der Waals surface area contributed by atoms with E-state index in [4.69, 9.17) is 23.4 Å². The number of methoxy groups -OCH3 is 1. The minimum Gasteiger partial charge on any atom is -0.493 e. The SMILES string of the molecule is COc1cc2c(cc1OS(N)(=O)=O)CC[C@H]1[C@H]3CC[C@@H](OS(N)(=O)=O)[C@]3(C)CC[C@@H]21. The van der Waals surface area contributed by atoms with Crippen LogP contribution in [-0.4, -0.2) is 30.0 Å². The summed E-state index contributed by atoms with van der Waals surface area (Å²) in [6.45, 7) is 2.12. The second kappa shape index (κ2) is 7.33. The lowest BCUT2D eigenvalue weighted by Gasteiger charge is -2.50. The van der Waals surface area contributed by atoms with Crippen LogP contribution in [0.25, 0.3) is 0 Å². The Hall–Kier alpha value is -1.40. The van der Waals surface area contributed by atoms with Gasteiger partial charge in [0.05, 0.1) is 13.2 Å². The summed E-state index contributed by atoms with van der Waals surface area (Å²) in [5.41, 5.74) is 1.95. The monoisotopic (exact) mass is 460 g/mol. The van der Waals surface area contributed by atoms with E-state index in [9.17, 15) is 16.8 Å². The van der Waals surface area contributed by atoms with E-state index in [0.717, 1.165) is 43.2 Å². The van der Waals surface area contributed by atoms with Gasteiger partial charge in [0, 0.05) is 0 Å². The van der Waals surface area contributed by atoms with E-state index in [0.29, 0.717) is 24.0 Å². The Morgan fingerprint density at radius 2 is 1.73 bits per heavy atom. The van der Waals surface area contributed by atoms with Crippen LogP contribution in [0.4, 0.5) is 0 Å². The standard InChI is InChI=1S/C19H28N2O7S2/c1-19-8-7-12-13(15(19)5-6-18(19)28-30(21,24)25)4-3-11-9-17(27-29(20,22)23)16(26-2)10-14(11)12/h9-10,12-13,15,18H,3-8H2,1-2H3,(H2,20,22,23)(H2,21,24,25)/t12-,13-,15-,18-,19-/m1/s1. The van der Waals surface area contributed by atoms with E-state index >= 15 is 0 Å². The number of hydrogen-bond acceptors (Lipinski definition) is 7. The van der Waals surface area contributed by atoms with Gasteiger partial charge in [-0.05, 0) is 85.0 Å². The van der Waals surface area contributed by atoms with Crippen molar-refractivity contribution in [3.8, 4) is 11.5 Å². The van der Waals surface area contributed by atoms with Crippen molar-refractivity contribution >= 4 is 20.6 Å². The predicted molar refractivity (Wildman–Crippen MR) is 109 cm³/mol. The molecule has 9 nitrogen and oxygen atoms in total.